The average molecular weight is 701 g/mol. The van der Waals surface area contributed by atoms with Crippen LogP contribution >= 0.6 is 11.3 Å². The van der Waals surface area contributed by atoms with Gasteiger partial charge in [0, 0.05) is 25.0 Å². The Morgan fingerprint density at radius 1 is 1.04 bits per heavy atom. The molecular weight excluding hydrogens is 665 g/mol. The number of thiazole rings is 1. The number of sulfone groups is 1. The normalized spacial score (nSPS) is 16.9. The number of carbonyl (C=O) groups excluding carboxylic acids is 2. The van der Waals surface area contributed by atoms with E-state index in [0.717, 1.165) is 11.8 Å². The molecule has 2 amide bonds. The van der Waals surface area contributed by atoms with Gasteiger partial charge in [-0.3, -0.25) is 9.69 Å². The largest absolute Gasteiger partial charge is 0.434 e. The van der Waals surface area contributed by atoms with Crippen LogP contribution in [0.5, 0.6) is 0 Å². The van der Waals surface area contributed by atoms with Crippen molar-refractivity contribution in [2.45, 2.75) is 48.3 Å². The van der Waals surface area contributed by atoms with Gasteiger partial charge in [-0.05, 0) is 54.3 Å². The molecule has 5 rings (SSSR count). The molecule has 0 bridgehead atoms. The van der Waals surface area contributed by atoms with Crippen LogP contribution in [0.4, 0.5) is 10.5 Å². The fourth-order valence-electron chi connectivity index (χ4n) is 5.28. The number of ether oxygens (including phenoxy) is 1. The van der Waals surface area contributed by atoms with Crippen LogP contribution in [0.2, 0.25) is 0 Å². The van der Waals surface area contributed by atoms with Crippen LogP contribution in [-0.4, -0.2) is 87.4 Å². The summed E-state index contributed by atoms with van der Waals surface area (Å²) in [6, 6.07) is 18.6. The third kappa shape index (κ3) is 8.16. The number of aliphatic hydroxyl groups is 1. The Morgan fingerprint density at radius 2 is 1.79 bits per heavy atom. The molecule has 250 valence electrons. The number of nitrogens with one attached hydrogen (secondary N) is 1. The van der Waals surface area contributed by atoms with Crippen molar-refractivity contribution in [1.82, 2.24) is 14.6 Å². The lowest BCUT2D eigenvalue weighted by molar-refractivity contribution is -0.129. The lowest BCUT2D eigenvalue weighted by Crippen LogP contribution is -2.53. The van der Waals surface area contributed by atoms with Crippen LogP contribution in [0.3, 0.4) is 0 Å². The highest BCUT2D eigenvalue weighted by Crippen LogP contribution is 2.27. The number of anilines is 1. The van der Waals surface area contributed by atoms with E-state index in [1.807, 2.05) is 44.2 Å². The minimum Gasteiger partial charge on any atom is -0.434 e. The molecule has 15 heteroatoms. The van der Waals surface area contributed by atoms with Crippen molar-refractivity contribution in [3.8, 4) is 0 Å². The Bertz CT molecular complexity index is 1970. The maximum atomic E-state index is 13.9. The predicted molar refractivity (Wildman–Crippen MR) is 178 cm³/mol. The molecule has 0 spiro atoms. The zero-order valence-corrected chi connectivity index (χ0v) is 28.5. The van der Waals surface area contributed by atoms with Crippen molar-refractivity contribution in [2.75, 3.05) is 30.8 Å². The first kappa shape index (κ1) is 34.4. The first-order valence-electron chi connectivity index (χ1n) is 14.9. The van der Waals surface area contributed by atoms with E-state index in [-0.39, 0.29) is 47.5 Å². The fraction of sp³-hybridized carbons (Fsp3) is 0.344. The molecule has 0 radical (unpaired) electrons. The minimum absolute atomic E-state index is 0.00892. The van der Waals surface area contributed by atoms with Crippen LogP contribution in [0, 0.1) is 5.92 Å². The number of benzene rings is 3. The highest BCUT2D eigenvalue weighted by atomic mass is 32.2. The van der Waals surface area contributed by atoms with Crippen molar-refractivity contribution in [3.63, 3.8) is 0 Å². The van der Waals surface area contributed by atoms with E-state index >= 15 is 0 Å². The lowest BCUT2D eigenvalue weighted by atomic mass is 10.0. The molecule has 2 heterocycles. The third-order valence-electron chi connectivity index (χ3n) is 7.65. The molecule has 3 atom stereocenters. The van der Waals surface area contributed by atoms with E-state index in [2.05, 4.69) is 10.3 Å². The van der Waals surface area contributed by atoms with E-state index in [9.17, 15) is 31.5 Å². The third-order valence-corrected chi connectivity index (χ3v) is 11.4. The van der Waals surface area contributed by atoms with Crippen molar-refractivity contribution in [3.05, 3.63) is 83.9 Å². The summed E-state index contributed by atoms with van der Waals surface area (Å²) in [6.07, 6.45) is -2.23. The summed E-state index contributed by atoms with van der Waals surface area (Å²) in [6.45, 7) is 3.36. The molecular formula is C32H36N4O8S3. The molecule has 47 heavy (non-hydrogen) atoms. The highest BCUT2D eigenvalue weighted by Gasteiger charge is 2.39. The van der Waals surface area contributed by atoms with E-state index in [4.69, 9.17) is 4.74 Å². The molecule has 4 aromatic rings. The van der Waals surface area contributed by atoms with Crippen molar-refractivity contribution >= 4 is 59.1 Å². The fourth-order valence-corrected chi connectivity index (χ4v) is 8.38. The number of hydrogen-bond donors (Lipinski definition) is 2. The number of cyclic esters (lactones) is 1. The van der Waals surface area contributed by atoms with Gasteiger partial charge >= 0.3 is 6.09 Å². The Labute approximate surface area is 278 Å². The molecule has 12 nitrogen and oxygen atoms in total. The molecule has 0 aliphatic carbocycles. The molecule has 1 aromatic heterocycles. The molecule has 2 N–H and O–H groups in total. The maximum absolute atomic E-state index is 13.9. The molecule has 3 aromatic carbocycles. The van der Waals surface area contributed by atoms with Gasteiger partial charge in [-0.25, -0.2) is 26.6 Å². The molecule has 1 aliphatic rings. The maximum Gasteiger partial charge on any atom is 0.415 e. The smallest absolute Gasteiger partial charge is 0.415 e. The molecule has 2 unspecified atom stereocenters. The first-order chi connectivity index (χ1) is 22.2. The van der Waals surface area contributed by atoms with Crippen molar-refractivity contribution in [1.29, 1.82) is 0 Å². The van der Waals surface area contributed by atoms with Gasteiger partial charge in [0.2, 0.25) is 10.0 Å². The standard InChI is InChI=1S/C32H36N4O8S3/c1-21(2)17-35(47(42,43)25-12-13-26-30(16-25)45-20-33-26)18-28(37)27(14-22-8-5-4-6-9-22)34-31(38)29-19-36(32(39)44-29)23-10-7-11-24(15-23)46(3,40)41/h4-13,15-16,20-21,27-29,37H,14,17-19H2,1-3H3,(H,34,38)/t27?,28-,29?/m1/s1. The summed E-state index contributed by atoms with van der Waals surface area (Å²) in [5.74, 6) is -0.759. The van der Waals surface area contributed by atoms with Crippen LogP contribution in [0.15, 0.2) is 88.1 Å². The van der Waals surface area contributed by atoms with Crippen LogP contribution in [-0.2, 0) is 35.8 Å². The number of aromatic nitrogens is 1. The molecule has 1 aliphatic heterocycles. The minimum atomic E-state index is -4.05. The number of sulfonamides is 1. The summed E-state index contributed by atoms with van der Waals surface area (Å²) in [4.78, 5) is 31.8. The second-order valence-electron chi connectivity index (χ2n) is 11.8. The number of hydrogen-bond acceptors (Lipinski definition) is 10. The summed E-state index contributed by atoms with van der Waals surface area (Å²) in [7, 11) is -7.60. The number of carbonyl (C=O) groups is 2. The zero-order chi connectivity index (χ0) is 33.9. The van der Waals surface area contributed by atoms with Crippen LogP contribution < -0.4 is 10.2 Å². The Morgan fingerprint density at radius 3 is 2.49 bits per heavy atom. The Balaban J connectivity index is 1.37. The van der Waals surface area contributed by atoms with E-state index in [1.54, 1.807) is 17.6 Å². The average Bonchev–Trinajstić information content (AvgIpc) is 3.66. The number of aliphatic hydroxyl groups excluding tert-OH is 1. The van der Waals surface area contributed by atoms with E-state index in [1.165, 1.54) is 50.9 Å². The highest BCUT2D eigenvalue weighted by molar-refractivity contribution is 7.90. The van der Waals surface area contributed by atoms with Gasteiger partial charge in [0.15, 0.2) is 15.9 Å². The van der Waals surface area contributed by atoms with Gasteiger partial charge < -0.3 is 15.2 Å². The summed E-state index contributed by atoms with van der Waals surface area (Å²) in [5.41, 5.74) is 3.36. The topological polar surface area (TPSA) is 163 Å². The number of amides is 2. The zero-order valence-electron chi connectivity index (χ0n) is 26.0. The SMILES string of the molecule is CC(C)CN(C[C@@H](O)C(Cc1ccccc1)NC(=O)C1CN(c2cccc(S(C)(=O)=O)c2)C(=O)O1)S(=O)(=O)c1ccc2ncsc2c1. The van der Waals surface area contributed by atoms with Gasteiger partial charge in [0.25, 0.3) is 5.91 Å². The number of fused-ring (bicyclic) bond motifs is 1. The number of nitrogens with zero attached hydrogens (tertiary/aromatic N) is 3. The van der Waals surface area contributed by atoms with Gasteiger partial charge in [0.1, 0.15) is 0 Å². The predicted octanol–water partition coefficient (Wildman–Crippen LogP) is 3.46. The number of rotatable bonds is 13. The monoisotopic (exact) mass is 700 g/mol. The Hall–Kier alpha value is -3.89. The second-order valence-corrected chi connectivity index (χ2v) is 16.7. The van der Waals surface area contributed by atoms with Gasteiger partial charge in [-0.1, -0.05) is 50.2 Å². The quantitative estimate of drug-likeness (QED) is 0.213. The lowest BCUT2D eigenvalue weighted by Gasteiger charge is -2.31. The van der Waals surface area contributed by atoms with E-state index < -0.39 is 50.1 Å². The molecule has 1 fully saturated rings. The van der Waals surface area contributed by atoms with E-state index in [0.29, 0.717) is 10.2 Å². The van der Waals surface area contributed by atoms with Gasteiger partial charge in [-0.15, -0.1) is 11.3 Å². The summed E-state index contributed by atoms with van der Waals surface area (Å²) in [5, 5.41) is 14.4. The van der Waals surface area contributed by atoms with Gasteiger partial charge in [0.05, 0.1) is 44.2 Å². The van der Waals surface area contributed by atoms with Gasteiger partial charge in [-0.2, -0.15) is 4.31 Å². The molecule has 1 saturated heterocycles. The summed E-state index contributed by atoms with van der Waals surface area (Å²) < 4.78 is 59.1. The first-order valence-corrected chi connectivity index (χ1v) is 19.1. The molecule has 0 saturated carbocycles. The summed E-state index contributed by atoms with van der Waals surface area (Å²) >= 11 is 1.33. The second kappa shape index (κ2) is 14.1. The van der Waals surface area contributed by atoms with Crippen LogP contribution in [0.25, 0.3) is 10.2 Å². The van der Waals surface area contributed by atoms with Crippen LogP contribution in [0.1, 0.15) is 19.4 Å². The Kier molecular flexibility index (Phi) is 10.3. The van der Waals surface area contributed by atoms with Crippen molar-refractivity contribution in [2.24, 2.45) is 5.92 Å². The van der Waals surface area contributed by atoms with Crippen molar-refractivity contribution < 1.29 is 36.3 Å².